The van der Waals surface area contributed by atoms with Gasteiger partial charge in [-0.1, -0.05) is 46.6 Å². The fourth-order valence-electron chi connectivity index (χ4n) is 3.46. The molecule has 144 valence electrons. The van der Waals surface area contributed by atoms with Gasteiger partial charge in [-0.15, -0.1) is 0 Å². The van der Waals surface area contributed by atoms with Gasteiger partial charge in [-0.25, -0.2) is 4.79 Å². The fourth-order valence-corrected chi connectivity index (χ4v) is 3.66. The lowest BCUT2D eigenvalue weighted by Crippen LogP contribution is -2.41. The van der Waals surface area contributed by atoms with Crippen LogP contribution in [0, 0.1) is 6.92 Å². The molecular weight excluding hydrogens is 376 g/mol. The van der Waals surface area contributed by atoms with E-state index >= 15 is 0 Å². The molecule has 2 heterocycles. The van der Waals surface area contributed by atoms with Gasteiger partial charge in [0.05, 0.1) is 0 Å². The van der Waals surface area contributed by atoms with Gasteiger partial charge in [0, 0.05) is 22.8 Å². The molecule has 1 atom stereocenters. The number of rotatable bonds is 3. The maximum absolute atomic E-state index is 12.9. The normalized spacial score (nSPS) is 16.8. The molecule has 2 aromatic carbocycles. The first-order valence-electron chi connectivity index (χ1n) is 9.34. The van der Waals surface area contributed by atoms with Gasteiger partial charge >= 0.3 is 6.03 Å². The van der Waals surface area contributed by atoms with Gasteiger partial charge in [-0.3, -0.25) is 0 Å². The Kier molecular flexibility index (Phi) is 5.30. The molecule has 1 fully saturated rings. The molecule has 2 amide bonds. The number of halogens is 1. The number of anilines is 1. The minimum Gasteiger partial charge on any atom is -0.337 e. The number of nitrogens with one attached hydrogen (secondary N) is 1. The molecule has 3 aromatic rings. The average Bonchev–Trinajstić information content (AvgIpc) is 3.18. The first-order valence-corrected chi connectivity index (χ1v) is 9.72. The number of urea groups is 1. The largest absolute Gasteiger partial charge is 0.337 e. The van der Waals surface area contributed by atoms with Gasteiger partial charge in [0.2, 0.25) is 11.7 Å². The second-order valence-corrected chi connectivity index (χ2v) is 7.41. The van der Waals surface area contributed by atoms with Crippen LogP contribution >= 0.6 is 11.6 Å². The summed E-state index contributed by atoms with van der Waals surface area (Å²) in [5.74, 6) is 1.01. The number of likely N-dealkylation sites (tertiary alicyclic amines) is 1. The van der Waals surface area contributed by atoms with Crippen molar-refractivity contribution in [2.45, 2.75) is 32.2 Å². The van der Waals surface area contributed by atoms with Crippen LogP contribution in [0.5, 0.6) is 0 Å². The minimum atomic E-state index is -0.237. The molecule has 0 bridgehead atoms. The van der Waals surface area contributed by atoms with E-state index < -0.39 is 0 Å². The summed E-state index contributed by atoms with van der Waals surface area (Å²) in [5, 5.41) is 7.62. The van der Waals surface area contributed by atoms with Crippen molar-refractivity contribution in [3.63, 3.8) is 0 Å². The highest BCUT2D eigenvalue weighted by molar-refractivity contribution is 6.30. The molecule has 7 heteroatoms. The smallest absolute Gasteiger partial charge is 0.322 e. The lowest BCUT2D eigenvalue weighted by molar-refractivity contribution is 0.142. The lowest BCUT2D eigenvalue weighted by atomic mass is 10.0. The van der Waals surface area contributed by atoms with Crippen molar-refractivity contribution in [3.8, 4) is 11.4 Å². The Morgan fingerprint density at radius 1 is 1.21 bits per heavy atom. The number of nitrogens with zero attached hydrogens (tertiary/aromatic N) is 3. The summed E-state index contributed by atoms with van der Waals surface area (Å²) in [6, 6.07) is 14.6. The van der Waals surface area contributed by atoms with Crippen molar-refractivity contribution in [2.75, 3.05) is 11.9 Å². The van der Waals surface area contributed by atoms with Gasteiger partial charge in [0.1, 0.15) is 6.04 Å². The van der Waals surface area contributed by atoms with E-state index in [0.29, 0.717) is 29.0 Å². The summed E-state index contributed by atoms with van der Waals surface area (Å²) < 4.78 is 5.54. The minimum absolute atomic E-state index is 0.192. The monoisotopic (exact) mass is 396 g/mol. The van der Waals surface area contributed by atoms with E-state index in [1.165, 1.54) is 0 Å². The number of hydrogen-bond donors (Lipinski definition) is 1. The molecule has 0 unspecified atom stereocenters. The van der Waals surface area contributed by atoms with E-state index in [1.54, 1.807) is 23.1 Å². The standard InChI is InChI=1S/C21H21ClN4O2/c1-14-6-4-7-15(12-14)19-24-20(28-25-19)18-10-2-3-11-26(18)21(27)23-17-9-5-8-16(22)13-17/h4-9,12-13,18H,2-3,10-11H2,1H3,(H,23,27)/t18-/m1/s1. The SMILES string of the molecule is Cc1cccc(-c2noc([C@H]3CCCCN3C(=O)Nc3cccc(Cl)c3)n2)c1. The second kappa shape index (κ2) is 8.02. The number of aromatic nitrogens is 2. The van der Waals surface area contributed by atoms with E-state index in [4.69, 9.17) is 16.1 Å². The quantitative estimate of drug-likeness (QED) is 0.638. The summed E-state index contributed by atoms with van der Waals surface area (Å²) in [6.07, 6.45) is 2.74. The zero-order valence-electron chi connectivity index (χ0n) is 15.6. The molecular formula is C21H21ClN4O2. The zero-order chi connectivity index (χ0) is 19.5. The summed E-state index contributed by atoms with van der Waals surface area (Å²) >= 11 is 6.01. The summed E-state index contributed by atoms with van der Waals surface area (Å²) in [6.45, 7) is 2.66. The number of amides is 2. The maximum Gasteiger partial charge on any atom is 0.322 e. The maximum atomic E-state index is 12.9. The van der Waals surface area contributed by atoms with E-state index in [-0.39, 0.29) is 12.1 Å². The van der Waals surface area contributed by atoms with Crippen LogP contribution in [0.15, 0.2) is 53.1 Å². The molecule has 1 aromatic heterocycles. The summed E-state index contributed by atoms with van der Waals surface area (Å²) in [5.41, 5.74) is 2.69. The molecule has 0 saturated carbocycles. The Morgan fingerprint density at radius 2 is 2.07 bits per heavy atom. The van der Waals surface area contributed by atoms with Crippen LogP contribution < -0.4 is 5.32 Å². The number of hydrogen-bond acceptors (Lipinski definition) is 4. The topological polar surface area (TPSA) is 71.3 Å². The van der Waals surface area contributed by atoms with Crippen LogP contribution in [-0.4, -0.2) is 27.6 Å². The van der Waals surface area contributed by atoms with Crippen molar-refractivity contribution in [1.82, 2.24) is 15.0 Å². The zero-order valence-corrected chi connectivity index (χ0v) is 16.3. The number of carbonyl (C=O) groups excluding carboxylic acids is 1. The third kappa shape index (κ3) is 4.02. The molecule has 1 aliphatic rings. The molecule has 0 radical (unpaired) electrons. The Bertz CT molecular complexity index is 988. The molecule has 1 aliphatic heterocycles. The van der Waals surface area contributed by atoms with Gasteiger partial charge in [-0.05, 0) is 50.5 Å². The van der Waals surface area contributed by atoms with Gasteiger partial charge in [0.15, 0.2) is 0 Å². The van der Waals surface area contributed by atoms with Crippen LogP contribution in [-0.2, 0) is 0 Å². The van der Waals surface area contributed by atoms with Crippen molar-refractivity contribution >= 4 is 23.3 Å². The second-order valence-electron chi connectivity index (χ2n) is 6.97. The van der Waals surface area contributed by atoms with E-state index in [9.17, 15) is 4.79 Å². The summed E-state index contributed by atoms with van der Waals surface area (Å²) in [4.78, 5) is 19.2. The number of piperidine rings is 1. The third-order valence-corrected chi connectivity index (χ3v) is 5.08. The van der Waals surface area contributed by atoms with Crippen molar-refractivity contribution in [2.24, 2.45) is 0 Å². The lowest BCUT2D eigenvalue weighted by Gasteiger charge is -2.33. The fraction of sp³-hybridized carbons (Fsp3) is 0.286. The third-order valence-electron chi connectivity index (χ3n) is 4.84. The van der Waals surface area contributed by atoms with E-state index in [2.05, 4.69) is 15.5 Å². The van der Waals surface area contributed by atoms with Gasteiger partial charge < -0.3 is 14.7 Å². The first-order chi connectivity index (χ1) is 13.6. The van der Waals surface area contributed by atoms with Crippen LogP contribution in [0.3, 0.4) is 0 Å². The van der Waals surface area contributed by atoms with E-state index in [0.717, 1.165) is 30.4 Å². The van der Waals surface area contributed by atoms with Crippen molar-refractivity contribution < 1.29 is 9.32 Å². The Balaban J connectivity index is 1.55. The van der Waals surface area contributed by atoms with Crippen molar-refractivity contribution in [3.05, 3.63) is 65.0 Å². The predicted octanol–water partition coefficient (Wildman–Crippen LogP) is 5.46. The number of carbonyl (C=O) groups is 1. The summed E-state index contributed by atoms with van der Waals surface area (Å²) in [7, 11) is 0. The van der Waals surface area contributed by atoms with Gasteiger partial charge in [0.25, 0.3) is 0 Å². The molecule has 1 N–H and O–H groups in total. The molecule has 0 spiro atoms. The van der Waals surface area contributed by atoms with Crippen LogP contribution in [0.4, 0.5) is 10.5 Å². The highest BCUT2D eigenvalue weighted by Crippen LogP contribution is 2.32. The highest BCUT2D eigenvalue weighted by atomic mass is 35.5. The molecule has 0 aliphatic carbocycles. The first kappa shape index (κ1) is 18.5. The molecule has 4 rings (SSSR count). The van der Waals surface area contributed by atoms with Crippen LogP contribution in [0.1, 0.15) is 36.8 Å². The highest BCUT2D eigenvalue weighted by Gasteiger charge is 2.32. The predicted molar refractivity (Wildman–Crippen MR) is 108 cm³/mol. The number of aryl methyl sites for hydroxylation is 1. The number of benzene rings is 2. The molecule has 28 heavy (non-hydrogen) atoms. The van der Waals surface area contributed by atoms with E-state index in [1.807, 2.05) is 37.3 Å². The average molecular weight is 397 g/mol. The Labute approximate surface area is 168 Å². The van der Waals surface area contributed by atoms with Crippen molar-refractivity contribution in [1.29, 1.82) is 0 Å². The van der Waals surface area contributed by atoms with Gasteiger partial charge in [-0.2, -0.15) is 4.98 Å². The molecule has 1 saturated heterocycles. The Morgan fingerprint density at radius 3 is 2.89 bits per heavy atom. The Hall–Kier alpha value is -2.86. The van der Waals surface area contributed by atoms with Crippen LogP contribution in [0.2, 0.25) is 5.02 Å². The molecule has 6 nitrogen and oxygen atoms in total. The van der Waals surface area contributed by atoms with Crippen LogP contribution in [0.25, 0.3) is 11.4 Å².